The van der Waals surface area contributed by atoms with E-state index < -0.39 is 0 Å². The molecule has 0 fully saturated rings. The highest BCUT2D eigenvalue weighted by Crippen LogP contribution is 2.54. The number of aromatic nitrogens is 2. The molecular formula is C57H40N2. The van der Waals surface area contributed by atoms with E-state index in [1.165, 1.54) is 60.7 Å². The van der Waals surface area contributed by atoms with Crippen LogP contribution in [-0.4, -0.2) is 9.97 Å². The normalized spacial score (nSPS) is 12.7. The standard InChI is InChI=1S/C57H40N2/c1-57(2)52-35-41-24-13-12-23-40(41)34-51(52)49-28-16-27-48(55(49)57)45-31-32-46(44-26-15-14-25-43(44)45)53-36-54(59-56(58-53)39-21-10-5-11-22-39)47-30-29-42(37-17-6-3-7-18-37)33-50(47)38-19-8-4-9-20-38/h3-36H,1-2H3. The van der Waals surface area contributed by atoms with Crippen LogP contribution < -0.4 is 0 Å². The van der Waals surface area contributed by atoms with E-state index in [9.17, 15) is 0 Å². The van der Waals surface area contributed by atoms with Crippen molar-refractivity contribution >= 4 is 21.5 Å². The Morgan fingerprint density at radius 1 is 0.322 bits per heavy atom. The first-order valence-corrected chi connectivity index (χ1v) is 20.4. The largest absolute Gasteiger partial charge is 0.228 e. The van der Waals surface area contributed by atoms with E-state index >= 15 is 0 Å². The highest BCUT2D eigenvalue weighted by atomic mass is 14.9. The summed E-state index contributed by atoms with van der Waals surface area (Å²) in [5, 5.41) is 4.92. The Kier molecular flexibility index (Phi) is 8.20. The molecule has 1 heterocycles. The molecule has 1 aromatic heterocycles. The first-order valence-electron chi connectivity index (χ1n) is 20.4. The van der Waals surface area contributed by atoms with Crippen LogP contribution in [-0.2, 0) is 5.41 Å². The van der Waals surface area contributed by atoms with Crippen LogP contribution in [0, 0.1) is 0 Å². The van der Waals surface area contributed by atoms with E-state index in [0.717, 1.165) is 44.6 Å². The molecule has 0 aliphatic heterocycles. The zero-order valence-corrected chi connectivity index (χ0v) is 33.0. The van der Waals surface area contributed by atoms with Gasteiger partial charge in [-0.15, -0.1) is 0 Å². The van der Waals surface area contributed by atoms with Gasteiger partial charge in [-0.1, -0.05) is 196 Å². The van der Waals surface area contributed by atoms with Gasteiger partial charge >= 0.3 is 0 Å². The van der Waals surface area contributed by atoms with Crippen LogP contribution in [0.15, 0.2) is 206 Å². The van der Waals surface area contributed by atoms with E-state index in [2.05, 4.69) is 214 Å². The summed E-state index contributed by atoms with van der Waals surface area (Å²) in [6, 6.07) is 74.3. The number of hydrogen-bond acceptors (Lipinski definition) is 2. The molecule has 0 unspecified atom stereocenters. The molecule has 278 valence electrons. The average Bonchev–Trinajstić information content (AvgIpc) is 3.53. The van der Waals surface area contributed by atoms with Gasteiger partial charge in [-0.25, -0.2) is 9.97 Å². The predicted octanol–water partition coefficient (Wildman–Crippen LogP) is 15.1. The summed E-state index contributed by atoms with van der Waals surface area (Å²) in [5.74, 6) is 0.699. The van der Waals surface area contributed by atoms with Crippen LogP contribution in [0.25, 0.3) is 100.0 Å². The average molecular weight is 753 g/mol. The third-order valence-electron chi connectivity index (χ3n) is 12.3. The van der Waals surface area contributed by atoms with E-state index in [1.807, 2.05) is 6.07 Å². The van der Waals surface area contributed by atoms with Crippen molar-refractivity contribution in [3.8, 4) is 78.4 Å². The molecule has 2 heteroatoms. The molecular weight excluding hydrogens is 713 g/mol. The number of benzene rings is 9. The molecule has 0 N–H and O–H groups in total. The molecule has 0 saturated heterocycles. The van der Waals surface area contributed by atoms with Crippen LogP contribution >= 0.6 is 0 Å². The van der Waals surface area contributed by atoms with Crippen molar-refractivity contribution in [1.29, 1.82) is 0 Å². The van der Waals surface area contributed by atoms with E-state index in [-0.39, 0.29) is 5.41 Å². The maximum absolute atomic E-state index is 5.34. The van der Waals surface area contributed by atoms with Gasteiger partial charge in [0.25, 0.3) is 0 Å². The minimum Gasteiger partial charge on any atom is -0.228 e. The SMILES string of the molecule is CC1(C)c2cc3ccccc3cc2-c2cccc(-c3ccc(-c4cc(-c5ccc(-c6ccccc6)cc5-c5ccccc5)nc(-c5ccccc5)n4)c4ccccc34)c21. The van der Waals surface area contributed by atoms with Gasteiger partial charge in [0.05, 0.1) is 11.4 Å². The van der Waals surface area contributed by atoms with Crippen molar-refractivity contribution < 1.29 is 0 Å². The smallest absolute Gasteiger partial charge is 0.160 e. The third kappa shape index (κ3) is 5.87. The van der Waals surface area contributed by atoms with Crippen LogP contribution in [0.4, 0.5) is 0 Å². The van der Waals surface area contributed by atoms with Crippen molar-refractivity contribution in [3.05, 3.63) is 217 Å². The fourth-order valence-electron chi connectivity index (χ4n) is 9.42. The van der Waals surface area contributed by atoms with Crippen LogP contribution in [0.3, 0.4) is 0 Å². The number of nitrogens with zero attached hydrogens (tertiary/aromatic N) is 2. The van der Waals surface area contributed by atoms with Gasteiger partial charge in [-0.3, -0.25) is 0 Å². The Balaban J connectivity index is 1.11. The lowest BCUT2D eigenvalue weighted by Crippen LogP contribution is -2.16. The van der Waals surface area contributed by atoms with Crippen LogP contribution in [0.5, 0.6) is 0 Å². The Morgan fingerprint density at radius 3 is 1.54 bits per heavy atom. The Morgan fingerprint density at radius 2 is 0.847 bits per heavy atom. The predicted molar refractivity (Wildman–Crippen MR) is 247 cm³/mol. The van der Waals surface area contributed by atoms with E-state index in [1.54, 1.807) is 0 Å². The van der Waals surface area contributed by atoms with Gasteiger partial charge in [0, 0.05) is 22.1 Å². The summed E-state index contributed by atoms with van der Waals surface area (Å²) in [5.41, 5.74) is 17.3. The van der Waals surface area contributed by atoms with E-state index in [0.29, 0.717) is 5.82 Å². The maximum Gasteiger partial charge on any atom is 0.160 e. The number of hydrogen-bond donors (Lipinski definition) is 0. The zero-order chi connectivity index (χ0) is 39.5. The second-order valence-electron chi connectivity index (χ2n) is 16.1. The molecule has 0 radical (unpaired) electrons. The molecule has 9 aromatic carbocycles. The van der Waals surface area contributed by atoms with Crippen molar-refractivity contribution in [3.63, 3.8) is 0 Å². The minimum atomic E-state index is -0.177. The highest BCUT2D eigenvalue weighted by molar-refractivity contribution is 6.07. The van der Waals surface area contributed by atoms with Gasteiger partial charge in [-0.2, -0.15) is 0 Å². The maximum atomic E-state index is 5.34. The van der Waals surface area contributed by atoms with Crippen LogP contribution in [0.2, 0.25) is 0 Å². The topological polar surface area (TPSA) is 25.8 Å². The minimum absolute atomic E-state index is 0.177. The molecule has 2 nitrogen and oxygen atoms in total. The van der Waals surface area contributed by atoms with Crippen LogP contribution in [0.1, 0.15) is 25.0 Å². The summed E-state index contributed by atoms with van der Waals surface area (Å²) in [4.78, 5) is 10.7. The molecule has 0 spiro atoms. The molecule has 0 saturated carbocycles. The van der Waals surface area contributed by atoms with Crippen molar-refractivity contribution in [2.45, 2.75) is 19.3 Å². The van der Waals surface area contributed by atoms with E-state index in [4.69, 9.17) is 9.97 Å². The molecule has 1 aliphatic carbocycles. The fourth-order valence-corrected chi connectivity index (χ4v) is 9.42. The first-order chi connectivity index (χ1) is 29.0. The highest BCUT2D eigenvalue weighted by Gasteiger charge is 2.38. The molecule has 0 bridgehead atoms. The lowest BCUT2D eigenvalue weighted by atomic mass is 9.78. The Hall–Kier alpha value is -7.42. The van der Waals surface area contributed by atoms with Gasteiger partial charge < -0.3 is 0 Å². The summed E-state index contributed by atoms with van der Waals surface area (Å²) in [6.45, 7) is 4.77. The Labute approximate surface area is 345 Å². The molecule has 0 atom stereocenters. The van der Waals surface area contributed by atoms with Gasteiger partial charge in [-0.05, 0) is 101 Å². The molecule has 59 heavy (non-hydrogen) atoms. The third-order valence-corrected chi connectivity index (χ3v) is 12.3. The fraction of sp³-hybridized carbons (Fsp3) is 0.0526. The first kappa shape index (κ1) is 34.8. The lowest BCUT2D eigenvalue weighted by Gasteiger charge is -2.25. The summed E-state index contributed by atoms with van der Waals surface area (Å²) >= 11 is 0. The zero-order valence-electron chi connectivity index (χ0n) is 33.0. The second kappa shape index (κ2) is 13.9. The summed E-state index contributed by atoms with van der Waals surface area (Å²) in [7, 11) is 0. The van der Waals surface area contributed by atoms with Gasteiger partial charge in [0.1, 0.15) is 0 Å². The van der Waals surface area contributed by atoms with Crippen molar-refractivity contribution in [2.24, 2.45) is 0 Å². The lowest BCUT2D eigenvalue weighted by molar-refractivity contribution is 0.663. The quantitative estimate of drug-likeness (QED) is 0.169. The number of fused-ring (bicyclic) bond motifs is 5. The molecule has 10 aromatic rings. The summed E-state index contributed by atoms with van der Waals surface area (Å²) < 4.78 is 0. The summed E-state index contributed by atoms with van der Waals surface area (Å²) in [6.07, 6.45) is 0. The van der Waals surface area contributed by atoms with Crippen molar-refractivity contribution in [1.82, 2.24) is 9.97 Å². The Bertz CT molecular complexity index is 3220. The van der Waals surface area contributed by atoms with Gasteiger partial charge in [0.2, 0.25) is 0 Å². The molecule has 1 aliphatic rings. The van der Waals surface area contributed by atoms with Gasteiger partial charge in [0.15, 0.2) is 5.82 Å². The monoisotopic (exact) mass is 752 g/mol. The second-order valence-corrected chi connectivity index (χ2v) is 16.1. The molecule has 11 rings (SSSR count). The molecule has 0 amide bonds. The number of rotatable bonds is 6. The van der Waals surface area contributed by atoms with Crippen molar-refractivity contribution in [2.75, 3.05) is 0 Å².